The van der Waals surface area contributed by atoms with E-state index in [2.05, 4.69) is 41.4 Å². The number of rotatable bonds is 4. The molecule has 2 aromatic carbocycles. The van der Waals surface area contributed by atoms with Crippen LogP contribution in [-0.4, -0.2) is 24.4 Å². The van der Waals surface area contributed by atoms with Crippen molar-refractivity contribution in [3.05, 3.63) is 93.2 Å². The van der Waals surface area contributed by atoms with E-state index in [1.165, 1.54) is 11.1 Å². The van der Waals surface area contributed by atoms with Gasteiger partial charge in [0.15, 0.2) is 0 Å². The third kappa shape index (κ3) is 4.87. The van der Waals surface area contributed by atoms with Gasteiger partial charge < -0.3 is 4.74 Å². The van der Waals surface area contributed by atoms with E-state index in [0.717, 1.165) is 22.6 Å². The summed E-state index contributed by atoms with van der Waals surface area (Å²) in [6, 6.07) is 16.6. The molecule has 1 unspecified atom stereocenters. The molecule has 3 nitrogen and oxygen atoms in total. The Morgan fingerprint density at radius 3 is 2.34 bits per heavy atom. The fourth-order valence-electron chi connectivity index (χ4n) is 3.50. The van der Waals surface area contributed by atoms with Gasteiger partial charge >= 0.3 is 0 Å². The number of nitrogens with zero attached hydrogens (tertiary/aromatic N) is 2. The molecule has 152 valence electrons. The number of halogens is 4. The summed E-state index contributed by atoms with van der Waals surface area (Å²) in [6.45, 7) is 0.680. The fraction of sp³-hybridized carbons (Fsp3) is 0.182. The Labute approximate surface area is 193 Å². The van der Waals surface area contributed by atoms with Gasteiger partial charge in [0.05, 0.1) is 23.7 Å². The Morgan fingerprint density at radius 1 is 1.00 bits per heavy atom. The van der Waals surface area contributed by atoms with E-state index < -0.39 is 0 Å². The zero-order chi connectivity index (χ0) is 18.8. The van der Waals surface area contributed by atoms with Crippen LogP contribution in [0.15, 0.2) is 65.9 Å². The standard InChI is InChI=1S/C22H18Cl2N2O.2ClH/c1-27-15-7-8-16-17(9-15)19(14-5-3-2-4-6-14)11-26-22(16)10-18-20(23)12-25-13-21(18)24;;/h2-9,12-13,19H,10-11H2,1H3;2*1H. The van der Waals surface area contributed by atoms with Crippen LogP contribution in [0.5, 0.6) is 5.75 Å². The number of hydrogen-bond acceptors (Lipinski definition) is 3. The van der Waals surface area contributed by atoms with Crippen LogP contribution in [0.25, 0.3) is 0 Å². The molecule has 2 heterocycles. The van der Waals surface area contributed by atoms with Crippen LogP contribution >= 0.6 is 48.0 Å². The zero-order valence-corrected chi connectivity index (χ0v) is 18.8. The highest BCUT2D eigenvalue weighted by Gasteiger charge is 2.25. The van der Waals surface area contributed by atoms with Crippen molar-refractivity contribution >= 4 is 53.7 Å². The van der Waals surface area contributed by atoms with Crippen molar-refractivity contribution < 1.29 is 4.74 Å². The molecule has 1 aliphatic heterocycles. The lowest BCUT2D eigenvalue weighted by atomic mass is 9.83. The topological polar surface area (TPSA) is 34.5 Å². The fourth-order valence-corrected chi connectivity index (χ4v) is 4.00. The van der Waals surface area contributed by atoms with E-state index in [4.69, 9.17) is 32.9 Å². The molecule has 0 amide bonds. The smallest absolute Gasteiger partial charge is 0.119 e. The van der Waals surface area contributed by atoms with Crippen LogP contribution in [0.2, 0.25) is 10.0 Å². The van der Waals surface area contributed by atoms with Gasteiger partial charge in [0, 0.05) is 30.4 Å². The Balaban J connectivity index is 0.00000150. The van der Waals surface area contributed by atoms with Gasteiger partial charge in [-0.3, -0.25) is 9.98 Å². The highest BCUT2D eigenvalue weighted by Crippen LogP contribution is 2.35. The highest BCUT2D eigenvalue weighted by molar-refractivity contribution is 6.36. The monoisotopic (exact) mass is 468 g/mol. The average Bonchev–Trinajstić information content (AvgIpc) is 2.71. The first-order valence-corrected chi connectivity index (χ1v) is 9.47. The van der Waals surface area contributed by atoms with Crippen molar-refractivity contribution in [2.45, 2.75) is 12.3 Å². The lowest BCUT2D eigenvalue weighted by Gasteiger charge is -2.26. The second-order valence-electron chi connectivity index (χ2n) is 6.46. The van der Waals surface area contributed by atoms with Crippen LogP contribution in [-0.2, 0) is 6.42 Å². The molecule has 1 aliphatic rings. The number of benzene rings is 2. The summed E-state index contributed by atoms with van der Waals surface area (Å²) in [7, 11) is 1.69. The minimum absolute atomic E-state index is 0. The van der Waals surface area contributed by atoms with Crippen LogP contribution in [0.3, 0.4) is 0 Å². The first-order chi connectivity index (χ1) is 13.2. The molecule has 0 aliphatic carbocycles. The van der Waals surface area contributed by atoms with E-state index in [1.807, 2.05) is 12.1 Å². The quantitative estimate of drug-likeness (QED) is 0.441. The molecule has 0 fully saturated rings. The van der Waals surface area contributed by atoms with Crippen LogP contribution in [0.4, 0.5) is 0 Å². The summed E-state index contributed by atoms with van der Waals surface area (Å²) < 4.78 is 5.47. The predicted molar refractivity (Wildman–Crippen MR) is 125 cm³/mol. The van der Waals surface area contributed by atoms with Gasteiger partial charge in [0.1, 0.15) is 5.75 Å². The van der Waals surface area contributed by atoms with Crippen molar-refractivity contribution in [3.8, 4) is 5.75 Å². The number of aromatic nitrogens is 1. The number of hydrogen-bond donors (Lipinski definition) is 0. The van der Waals surface area contributed by atoms with Crippen molar-refractivity contribution in [3.63, 3.8) is 0 Å². The average molecular weight is 470 g/mol. The maximum Gasteiger partial charge on any atom is 0.119 e. The van der Waals surface area contributed by atoms with Gasteiger partial charge in [-0.25, -0.2) is 0 Å². The number of pyridine rings is 1. The molecule has 0 saturated heterocycles. The van der Waals surface area contributed by atoms with Crippen LogP contribution < -0.4 is 4.74 Å². The molecule has 29 heavy (non-hydrogen) atoms. The second kappa shape index (κ2) is 10.3. The van der Waals surface area contributed by atoms with Crippen LogP contribution in [0.1, 0.15) is 28.2 Å². The molecule has 0 spiro atoms. The van der Waals surface area contributed by atoms with Crippen molar-refractivity contribution in [1.29, 1.82) is 0 Å². The maximum absolute atomic E-state index is 6.33. The first kappa shape index (κ1) is 23.5. The predicted octanol–water partition coefficient (Wildman–Crippen LogP) is 6.42. The summed E-state index contributed by atoms with van der Waals surface area (Å²) >= 11 is 12.7. The van der Waals surface area contributed by atoms with Crippen molar-refractivity contribution in [1.82, 2.24) is 4.98 Å². The van der Waals surface area contributed by atoms with Gasteiger partial charge in [-0.15, -0.1) is 24.8 Å². The molecule has 0 N–H and O–H groups in total. The highest BCUT2D eigenvalue weighted by atomic mass is 35.5. The number of methoxy groups -OCH3 is 1. The summed E-state index contributed by atoms with van der Waals surface area (Å²) in [5.41, 5.74) is 5.41. The molecular weight excluding hydrogens is 450 g/mol. The molecule has 7 heteroatoms. The third-order valence-corrected chi connectivity index (χ3v) is 5.56. The maximum atomic E-state index is 6.33. The largest absolute Gasteiger partial charge is 0.497 e. The van der Waals surface area contributed by atoms with Crippen LogP contribution in [0, 0.1) is 0 Å². The molecule has 4 rings (SSSR count). The molecular formula is C22H20Cl4N2O. The van der Waals surface area contributed by atoms with E-state index in [-0.39, 0.29) is 30.7 Å². The molecule has 1 atom stereocenters. The zero-order valence-electron chi connectivity index (χ0n) is 15.6. The first-order valence-electron chi connectivity index (χ1n) is 8.72. The van der Waals surface area contributed by atoms with Crippen molar-refractivity contribution in [2.24, 2.45) is 4.99 Å². The number of ether oxygens (including phenoxy) is 1. The molecule has 0 radical (unpaired) electrons. The van der Waals surface area contributed by atoms with E-state index in [9.17, 15) is 0 Å². The lowest BCUT2D eigenvalue weighted by Crippen LogP contribution is -2.20. The van der Waals surface area contributed by atoms with Gasteiger partial charge in [0.2, 0.25) is 0 Å². The summed E-state index contributed by atoms with van der Waals surface area (Å²) in [6.07, 6.45) is 3.81. The number of fused-ring (bicyclic) bond motifs is 1. The van der Waals surface area contributed by atoms with E-state index >= 15 is 0 Å². The Kier molecular flexibility index (Phi) is 8.35. The second-order valence-corrected chi connectivity index (χ2v) is 7.28. The SMILES string of the molecule is COc1ccc2c(c1)C(c1ccccc1)CN=C2Cc1c(Cl)cncc1Cl.Cl.Cl. The van der Waals surface area contributed by atoms with E-state index in [0.29, 0.717) is 23.0 Å². The van der Waals surface area contributed by atoms with Gasteiger partial charge in [0.25, 0.3) is 0 Å². The van der Waals surface area contributed by atoms with Gasteiger partial charge in [-0.05, 0) is 40.5 Å². The number of aliphatic imine (C=N–C) groups is 1. The molecule has 0 bridgehead atoms. The lowest BCUT2D eigenvalue weighted by molar-refractivity contribution is 0.414. The minimum Gasteiger partial charge on any atom is -0.497 e. The molecule has 3 aromatic rings. The van der Waals surface area contributed by atoms with E-state index in [1.54, 1.807) is 19.5 Å². The summed E-state index contributed by atoms with van der Waals surface area (Å²) in [5, 5.41) is 1.12. The Hall–Kier alpha value is -1.78. The third-order valence-electron chi connectivity index (χ3n) is 4.91. The van der Waals surface area contributed by atoms with Crippen molar-refractivity contribution in [2.75, 3.05) is 13.7 Å². The normalized spacial score (nSPS) is 14.7. The summed E-state index contributed by atoms with van der Waals surface area (Å²) in [5.74, 6) is 1.04. The Morgan fingerprint density at radius 2 is 1.69 bits per heavy atom. The summed E-state index contributed by atoms with van der Waals surface area (Å²) in [4.78, 5) is 8.94. The minimum atomic E-state index is 0. The van der Waals surface area contributed by atoms with Gasteiger partial charge in [-0.2, -0.15) is 0 Å². The molecule has 0 saturated carbocycles. The van der Waals surface area contributed by atoms with Gasteiger partial charge in [-0.1, -0.05) is 53.5 Å². The molecule has 1 aromatic heterocycles. The Bertz CT molecular complexity index is 989.